The van der Waals surface area contributed by atoms with Gasteiger partial charge in [0.25, 0.3) is 0 Å². The molecule has 0 aliphatic heterocycles. The van der Waals surface area contributed by atoms with Gasteiger partial charge in [-0.2, -0.15) is 23.5 Å². The van der Waals surface area contributed by atoms with E-state index in [0.29, 0.717) is 24.2 Å². The summed E-state index contributed by atoms with van der Waals surface area (Å²) in [4.78, 5) is 101. The molecule has 0 radical (unpaired) electrons. The van der Waals surface area contributed by atoms with Crippen molar-refractivity contribution in [2.45, 2.75) is 109 Å². The fourth-order valence-corrected chi connectivity index (χ4v) is 5.06. The van der Waals surface area contributed by atoms with Crippen LogP contribution in [-0.2, 0) is 38.4 Å². The molecule has 0 bridgehead atoms. The molecule has 0 fully saturated rings. The Morgan fingerprint density at radius 3 is 1.52 bits per heavy atom. The molecule has 8 atom stereocenters. The van der Waals surface area contributed by atoms with Gasteiger partial charge in [-0.05, 0) is 70.0 Å². The minimum atomic E-state index is -1.21. The van der Waals surface area contributed by atoms with Gasteiger partial charge in [-0.1, -0.05) is 20.3 Å². The molecule has 0 saturated carbocycles. The maximum Gasteiger partial charge on any atom is 0.243 e. The Morgan fingerprint density at radius 1 is 0.646 bits per heavy atom. The summed E-state index contributed by atoms with van der Waals surface area (Å²) in [6.45, 7) is 7.97. The van der Waals surface area contributed by atoms with Crippen LogP contribution in [0.3, 0.4) is 0 Å². The molecule has 18 heteroatoms. The van der Waals surface area contributed by atoms with Crippen molar-refractivity contribution in [2.75, 3.05) is 24.0 Å². The summed E-state index contributed by atoms with van der Waals surface area (Å²) in [5.74, 6) is -3.93. The predicted octanol–water partition coefficient (Wildman–Crippen LogP) is -1.70. The molecule has 0 heterocycles. The van der Waals surface area contributed by atoms with Crippen molar-refractivity contribution in [3.05, 3.63) is 0 Å². The Hall–Kier alpha value is -3.38. The van der Waals surface area contributed by atoms with E-state index in [0.717, 1.165) is 0 Å². The van der Waals surface area contributed by atoms with E-state index in [1.54, 1.807) is 6.92 Å². The van der Waals surface area contributed by atoms with Crippen molar-refractivity contribution in [3.8, 4) is 0 Å². The van der Waals surface area contributed by atoms with Gasteiger partial charge in [0, 0.05) is 6.42 Å². The number of carbonyl (C=O) groups is 8. The van der Waals surface area contributed by atoms with Crippen LogP contribution in [0, 0.1) is 5.92 Å². The Labute approximate surface area is 291 Å². The van der Waals surface area contributed by atoms with Gasteiger partial charge >= 0.3 is 0 Å². The summed E-state index contributed by atoms with van der Waals surface area (Å²) in [6.07, 6.45) is 4.68. The molecular formula is C30H54N8O8S2. The highest BCUT2D eigenvalue weighted by Crippen LogP contribution is 2.11. The van der Waals surface area contributed by atoms with Crippen molar-refractivity contribution < 1.29 is 38.4 Å². The fraction of sp³-hybridized carbons (Fsp3) is 0.733. The van der Waals surface area contributed by atoms with Crippen LogP contribution >= 0.6 is 23.5 Å². The van der Waals surface area contributed by atoms with Gasteiger partial charge in [-0.25, -0.2) is 0 Å². The SMILES string of the molecule is CC[C@H](C)[C@H](NC(=O)[C@H](C)NC(=O)[C@H](C)N)C(=O)N[C@@H](CCSC)C(=O)N[C@@H](CCSC)C(=O)N[C@@H](CCC(N)=O)C(=O)N[C@@H](C)C=O. The van der Waals surface area contributed by atoms with Crippen LogP contribution in [-0.4, -0.2) is 114 Å². The van der Waals surface area contributed by atoms with E-state index >= 15 is 0 Å². The summed E-state index contributed by atoms with van der Waals surface area (Å²) in [7, 11) is 0. The van der Waals surface area contributed by atoms with Crippen molar-refractivity contribution >= 4 is 71.2 Å². The summed E-state index contributed by atoms with van der Waals surface area (Å²) >= 11 is 2.86. The van der Waals surface area contributed by atoms with Crippen molar-refractivity contribution in [1.29, 1.82) is 0 Å². The topological polar surface area (TPSA) is 261 Å². The zero-order valence-electron chi connectivity index (χ0n) is 28.9. The van der Waals surface area contributed by atoms with Crippen molar-refractivity contribution in [3.63, 3.8) is 0 Å². The van der Waals surface area contributed by atoms with Crippen LogP contribution in [0.4, 0.5) is 0 Å². The molecule has 0 unspecified atom stereocenters. The predicted molar refractivity (Wildman–Crippen MR) is 187 cm³/mol. The third-order valence-electron chi connectivity index (χ3n) is 7.33. The summed E-state index contributed by atoms with van der Waals surface area (Å²) < 4.78 is 0. The number of nitrogens with two attached hydrogens (primary N) is 2. The number of thioether (sulfide) groups is 2. The average molecular weight is 719 g/mol. The second-order valence-corrected chi connectivity index (χ2v) is 13.5. The van der Waals surface area contributed by atoms with E-state index in [4.69, 9.17) is 11.5 Å². The van der Waals surface area contributed by atoms with E-state index in [9.17, 15) is 38.4 Å². The van der Waals surface area contributed by atoms with Gasteiger partial charge in [-0.3, -0.25) is 33.6 Å². The molecule has 0 aliphatic carbocycles. The number of primary amides is 1. The van der Waals surface area contributed by atoms with Crippen LogP contribution in [0.2, 0.25) is 0 Å². The Bertz CT molecular complexity index is 1110. The fourth-order valence-electron chi connectivity index (χ4n) is 4.12. The maximum atomic E-state index is 13.6. The Kier molecular flexibility index (Phi) is 22.2. The smallest absolute Gasteiger partial charge is 0.243 e. The first-order valence-corrected chi connectivity index (χ1v) is 18.6. The first-order valence-electron chi connectivity index (χ1n) is 15.8. The van der Waals surface area contributed by atoms with Crippen LogP contribution in [0.25, 0.3) is 0 Å². The molecule has 0 aromatic rings. The second kappa shape index (κ2) is 23.9. The molecule has 7 amide bonds. The third kappa shape index (κ3) is 17.1. The normalized spacial score (nSPS) is 15.9. The van der Waals surface area contributed by atoms with E-state index < -0.39 is 83.6 Å². The van der Waals surface area contributed by atoms with Gasteiger partial charge in [0.2, 0.25) is 41.4 Å². The maximum absolute atomic E-state index is 13.6. The summed E-state index contributed by atoms with van der Waals surface area (Å²) in [5, 5.41) is 15.5. The largest absolute Gasteiger partial charge is 0.370 e. The molecule has 0 spiro atoms. The molecule has 0 saturated heterocycles. The molecule has 274 valence electrons. The highest BCUT2D eigenvalue weighted by atomic mass is 32.2. The lowest BCUT2D eigenvalue weighted by Crippen LogP contribution is -2.60. The van der Waals surface area contributed by atoms with Gasteiger partial charge in [0.05, 0.1) is 12.1 Å². The highest BCUT2D eigenvalue weighted by molar-refractivity contribution is 7.98. The number of amides is 7. The van der Waals surface area contributed by atoms with Gasteiger partial charge in [0.1, 0.15) is 36.5 Å². The molecule has 48 heavy (non-hydrogen) atoms. The quantitative estimate of drug-likeness (QED) is 0.0522. The van der Waals surface area contributed by atoms with Crippen LogP contribution in [0.5, 0.6) is 0 Å². The van der Waals surface area contributed by atoms with Crippen LogP contribution in [0.15, 0.2) is 0 Å². The lowest BCUT2D eigenvalue weighted by atomic mass is 9.97. The van der Waals surface area contributed by atoms with Gasteiger partial charge in [0.15, 0.2) is 0 Å². The zero-order valence-corrected chi connectivity index (χ0v) is 30.5. The van der Waals surface area contributed by atoms with E-state index in [1.165, 1.54) is 44.3 Å². The molecule has 16 nitrogen and oxygen atoms in total. The summed E-state index contributed by atoms with van der Waals surface area (Å²) in [5.41, 5.74) is 10.8. The minimum Gasteiger partial charge on any atom is -0.370 e. The Balaban J connectivity index is 6.04. The first kappa shape index (κ1) is 44.6. The van der Waals surface area contributed by atoms with Crippen LogP contribution < -0.4 is 43.4 Å². The molecule has 0 aromatic heterocycles. The van der Waals surface area contributed by atoms with E-state index in [-0.39, 0.29) is 31.6 Å². The number of hydrogen-bond donors (Lipinski definition) is 8. The number of nitrogens with one attached hydrogen (secondary N) is 6. The van der Waals surface area contributed by atoms with E-state index in [2.05, 4.69) is 31.9 Å². The molecular weight excluding hydrogens is 665 g/mol. The number of rotatable bonds is 24. The van der Waals surface area contributed by atoms with Crippen molar-refractivity contribution in [2.24, 2.45) is 17.4 Å². The monoisotopic (exact) mass is 718 g/mol. The molecule has 0 rings (SSSR count). The zero-order chi connectivity index (χ0) is 37.0. The molecule has 10 N–H and O–H groups in total. The first-order chi connectivity index (χ1) is 22.5. The van der Waals surface area contributed by atoms with Crippen molar-refractivity contribution in [1.82, 2.24) is 31.9 Å². The Morgan fingerprint density at radius 2 is 1.10 bits per heavy atom. The van der Waals surface area contributed by atoms with Gasteiger partial charge in [-0.15, -0.1) is 0 Å². The number of carbonyl (C=O) groups excluding carboxylic acids is 8. The van der Waals surface area contributed by atoms with Gasteiger partial charge < -0.3 is 48.2 Å². The number of hydrogen-bond acceptors (Lipinski definition) is 11. The minimum absolute atomic E-state index is 0.135. The lowest BCUT2D eigenvalue weighted by Gasteiger charge is -2.29. The molecule has 0 aromatic carbocycles. The van der Waals surface area contributed by atoms with E-state index in [1.807, 2.05) is 19.4 Å². The average Bonchev–Trinajstić information content (AvgIpc) is 3.04. The lowest BCUT2D eigenvalue weighted by molar-refractivity contribution is -0.136. The third-order valence-corrected chi connectivity index (χ3v) is 8.62. The second-order valence-electron chi connectivity index (χ2n) is 11.6. The standard InChI is InChI=1S/C30H54N8O8S2/c1-8-16(2)24(38-26(42)19(5)34-25(41)18(4)31)30(46)37-22(12-14-48-7)29(45)36-21(11-13-47-6)28(44)35-20(9-10-23(32)40)27(43)33-17(3)15-39/h15-22,24H,8-14,31H2,1-7H3,(H2,32,40)(H,33,43)(H,34,41)(H,35,44)(H,36,45)(H,37,46)(H,38,42)/t16-,17-,18-,19-,20-,21-,22-,24-/m0/s1. The summed E-state index contributed by atoms with van der Waals surface area (Å²) in [6, 6.07) is -7.13. The highest BCUT2D eigenvalue weighted by Gasteiger charge is 2.33. The van der Waals surface area contributed by atoms with Crippen LogP contribution in [0.1, 0.15) is 66.7 Å². The molecule has 0 aliphatic rings. The number of aldehydes is 1.